The van der Waals surface area contributed by atoms with Crippen molar-refractivity contribution in [3.8, 4) is 0 Å². The van der Waals surface area contributed by atoms with Gasteiger partial charge < -0.3 is 10.2 Å². The molecule has 1 aliphatic rings. The summed E-state index contributed by atoms with van der Waals surface area (Å²) in [5.74, 6) is 0.165. The molecule has 1 fully saturated rings. The van der Waals surface area contributed by atoms with Gasteiger partial charge in [-0.1, -0.05) is 35.9 Å². The zero-order chi connectivity index (χ0) is 16.9. The van der Waals surface area contributed by atoms with Crippen molar-refractivity contribution < 1.29 is 9.59 Å². The molecule has 0 radical (unpaired) electrons. The van der Waals surface area contributed by atoms with Gasteiger partial charge in [0.05, 0.1) is 11.3 Å². The number of hydrogen-bond donors (Lipinski definition) is 1. The molecule has 4 nitrogen and oxygen atoms in total. The molecule has 0 bridgehead atoms. The molecule has 1 aromatic carbocycles. The van der Waals surface area contributed by atoms with Gasteiger partial charge in [-0.2, -0.15) is 0 Å². The van der Waals surface area contributed by atoms with Gasteiger partial charge in [0.25, 0.3) is 5.91 Å². The maximum Gasteiger partial charge on any atom is 0.263 e. The number of nitrogens with one attached hydrogen (secondary N) is 1. The van der Waals surface area contributed by atoms with E-state index in [4.69, 9.17) is 0 Å². The molecule has 1 saturated heterocycles. The zero-order valence-corrected chi connectivity index (χ0v) is 14.6. The summed E-state index contributed by atoms with van der Waals surface area (Å²) in [5.41, 5.74) is 2.21. The predicted molar refractivity (Wildman–Crippen MR) is 96.3 cm³/mol. The summed E-state index contributed by atoms with van der Waals surface area (Å²) in [7, 11) is 0. The fourth-order valence-electron chi connectivity index (χ4n) is 3.07. The van der Waals surface area contributed by atoms with Crippen LogP contribution >= 0.6 is 11.3 Å². The molecule has 1 aliphatic heterocycles. The Bertz CT molecular complexity index is 704. The van der Waals surface area contributed by atoms with E-state index in [-0.39, 0.29) is 17.9 Å². The van der Waals surface area contributed by atoms with Gasteiger partial charge in [0.15, 0.2) is 0 Å². The van der Waals surface area contributed by atoms with Crippen LogP contribution in [0.2, 0.25) is 0 Å². The van der Waals surface area contributed by atoms with Crippen LogP contribution < -0.4 is 5.32 Å². The first-order valence-corrected chi connectivity index (χ1v) is 9.17. The zero-order valence-electron chi connectivity index (χ0n) is 13.8. The summed E-state index contributed by atoms with van der Waals surface area (Å²) in [6.07, 6.45) is 2.05. The lowest BCUT2D eigenvalue weighted by molar-refractivity contribution is -0.121. The molecule has 2 amide bonds. The number of piperidine rings is 1. The van der Waals surface area contributed by atoms with Crippen LogP contribution in [-0.4, -0.2) is 35.8 Å². The topological polar surface area (TPSA) is 49.4 Å². The van der Waals surface area contributed by atoms with E-state index in [0.29, 0.717) is 19.5 Å². The predicted octanol–water partition coefficient (Wildman–Crippen LogP) is 3.02. The first kappa shape index (κ1) is 16.7. The van der Waals surface area contributed by atoms with Gasteiger partial charge in [-0.25, -0.2) is 0 Å². The van der Waals surface area contributed by atoms with Crippen LogP contribution in [0.1, 0.15) is 33.6 Å². The molecule has 1 N–H and O–H groups in total. The number of carbonyl (C=O) groups excluding carboxylic acids is 2. The molecule has 5 heteroatoms. The molecule has 24 heavy (non-hydrogen) atoms. The number of benzene rings is 1. The van der Waals surface area contributed by atoms with Crippen LogP contribution in [-0.2, 0) is 11.2 Å². The van der Waals surface area contributed by atoms with E-state index in [1.807, 2.05) is 53.6 Å². The summed E-state index contributed by atoms with van der Waals surface area (Å²) in [6.45, 7) is 3.43. The third-order valence-electron chi connectivity index (χ3n) is 4.33. The second kappa shape index (κ2) is 7.62. The minimum atomic E-state index is 0.0589. The maximum atomic E-state index is 12.3. The monoisotopic (exact) mass is 342 g/mol. The Balaban J connectivity index is 1.47. The largest absolute Gasteiger partial charge is 0.353 e. The highest BCUT2D eigenvalue weighted by Gasteiger charge is 2.24. The highest BCUT2D eigenvalue weighted by Crippen LogP contribution is 2.17. The van der Waals surface area contributed by atoms with Gasteiger partial charge in [-0.05, 0) is 36.8 Å². The van der Waals surface area contributed by atoms with Gasteiger partial charge >= 0.3 is 0 Å². The van der Waals surface area contributed by atoms with Crippen LogP contribution in [0.5, 0.6) is 0 Å². The molecular weight excluding hydrogens is 320 g/mol. The Hall–Kier alpha value is -2.14. The summed E-state index contributed by atoms with van der Waals surface area (Å²) >= 11 is 1.48. The first-order valence-electron chi connectivity index (χ1n) is 8.29. The van der Waals surface area contributed by atoms with Gasteiger partial charge in [-0.15, -0.1) is 11.3 Å². The molecule has 3 rings (SSSR count). The van der Waals surface area contributed by atoms with E-state index in [9.17, 15) is 9.59 Å². The number of nitrogens with zero attached hydrogens (tertiary/aromatic N) is 1. The Kier molecular flexibility index (Phi) is 5.30. The molecule has 0 aliphatic carbocycles. The molecule has 0 saturated carbocycles. The molecule has 0 unspecified atom stereocenters. The second-order valence-electron chi connectivity index (χ2n) is 6.28. The van der Waals surface area contributed by atoms with Crippen molar-refractivity contribution in [3.63, 3.8) is 0 Å². The lowest BCUT2D eigenvalue weighted by Crippen LogP contribution is -2.46. The van der Waals surface area contributed by atoms with Gasteiger partial charge in [0.2, 0.25) is 5.91 Å². The normalized spacial score (nSPS) is 15.3. The van der Waals surface area contributed by atoms with E-state index in [1.165, 1.54) is 16.9 Å². The highest BCUT2D eigenvalue weighted by atomic mass is 32.1. The summed E-state index contributed by atoms with van der Waals surface area (Å²) in [4.78, 5) is 27.2. The summed E-state index contributed by atoms with van der Waals surface area (Å²) in [6, 6.07) is 12.0. The average molecular weight is 342 g/mol. The summed E-state index contributed by atoms with van der Waals surface area (Å²) < 4.78 is 0. The Morgan fingerprint density at radius 2 is 2.00 bits per heavy atom. The Morgan fingerprint density at radius 3 is 2.67 bits per heavy atom. The van der Waals surface area contributed by atoms with E-state index < -0.39 is 0 Å². The number of rotatable bonds is 4. The third kappa shape index (κ3) is 4.23. The van der Waals surface area contributed by atoms with Gasteiger partial charge in [-0.3, -0.25) is 9.59 Å². The molecule has 2 heterocycles. The van der Waals surface area contributed by atoms with E-state index >= 15 is 0 Å². The van der Waals surface area contributed by atoms with Gasteiger partial charge in [0, 0.05) is 19.1 Å². The lowest BCUT2D eigenvalue weighted by atomic mass is 10.0. The van der Waals surface area contributed by atoms with Gasteiger partial charge in [0.1, 0.15) is 0 Å². The standard InChI is InChI=1S/C19H22N2O2S/c1-14-4-2-5-15(12-14)13-18(22)20-16-7-9-21(10-8-16)19(23)17-6-3-11-24-17/h2-6,11-12,16H,7-10,13H2,1H3,(H,20,22). The van der Waals surface area contributed by atoms with Crippen LogP contribution in [0.15, 0.2) is 41.8 Å². The number of thiophene rings is 1. The third-order valence-corrected chi connectivity index (χ3v) is 5.18. The molecule has 2 aromatic rings. The molecule has 0 atom stereocenters. The van der Waals surface area contributed by atoms with E-state index in [1.54, 1.807) is 0 Å². The number of hydrogen-bond acceptors (Lipinski definition) is 3. The van der Waals surface area contributed by atoms with Crippen LogP contribution in [0.25, 0.3) is 0 Å². The number of likely N-dealkylation sites (tertiary alicyclic amines) is 1. The maximum absolute atomic E-state index is 12.3. The fraction of sp³-hybridized carbons (Fsp3) is 0.368. The van der Waals surface area contributed by atoms with Crippen molar-refractivity contribution in [3.05, 3.63) is 57.8 Å². The van der Waals surface area contributed by atoms with E-state index in [2.05, 4.69) is 5.32 Å². The number of amides is 2. The molecule has 126 valence electrons. The lowest BCUT2D eigenvalue weighted by Gasteiger charge is -2.32. The van der Waals surface area contributed by atoms with Crippen molar-refractivity contribution in [2.24, 2.45) is 0 Å². The van der Waals surface area contributed by atoms with Crippen molar-refractivity contribution >= 4 is 23.2 Å². The van der Waals surface area contributed by atoms with Crippen LogP contribution in [0.4, 0.5) is 0 Å². The van der Waals surface area contributed by atoms with E-state index in [0.717, 1.165) is 23.3 Å². The molecule has 0 spiro atoms. The van der Waals surface area contributed by atoms with Crippen LogP contribution in [0, 0.1) is 6.92 Å². The van der Waals surface area contributed by atoms with Crippen molar-refractivity contribution in [2.75, 3.05) is 13.1 Å². The average Bonchev–Trinajstić information content (AvgIpc) is 3.09. The molecule has 1 aromatic heterocycles. The minimum Gasteiger partial charge on any atom is -0.353 e. The number of carbonyl (C=O) groups is 2. The Morgan fingerprint density at radius 1 is 1.21 bits per heavy atom. The minimum absolute atomic E-state index is 0.0589. The van der Waals surface area contributed by atoms with Crippen molar-refractivity contribution in [1.82, 2.24) is 10.2 Å². The number of aryl methyl sites for hydroxylation is 1. The Labute approximate surface area is 146 Å². The smallest absolute Gasteiger partial charge is 0.263 e. The van der Waals surface area contributed by atoms with Crippen molar-refractivity contribution in [1.29, 1.82) is 0 Å². The first-order chi connectivity index (χ1) is 11.6. The highest BCUT2D eigenvalue weighted by molar-refractivity contribution is 7.12. The fourth-order valence-corrected chi connectivity index (χ4v) is 3.76. The second-order valence-corrected chi connectivity index (χ2v) is 7.22. The SMILES string of the molecule is Cc1cccc(CC(=O)NC2CCN(C(=O)c3cccs3)CC2)c1. The quantitative estimate of drug-likeness (QED) is 0.928. The van der Waals surface area contributed by atoms with Crippen LogP contribution in [0.3, 0.4) is 0 Å². The van der Waals surface area contributed by atoms with Crippen molar-refractivity contribution in [2.45, 2.75) is 32.2 Å². The summed E-state index contributed by atoms with van der Waals surface area (Å²) in [5, 5.41) is 5.03. The molecular formula is C19H22N2O2S.